The van der Waals surface area contributed by atoms with Gasteiger partial charge in [-0.1, -0.05) is 25.0 Å². The van der Waals surface area contributed by atoms with Crippen LogP contribution in [0.2, 0.25) is 0 Å². The zero-order valence-electron chi connectivity index (χ0n) is 11.1. The van der Waals surface area contributed by atoms with Gasteiger partial charge in [-0.15, -0.1) is 0 Å². The van der Waals surface area contributed by atoms with Crippen molar-refractivity contribution < 1.29 is 0 Å². The minimum absolute atomic E-state index is 0.707. The molecule has 1 fully saturated rings. The molecule has 1 saturated heterocycles. The van der Waals surface area contributed by atoms with Crippen LogP contribution in [0.1, 0.15) is 43.7 Å². The Bertz CT molecular complexity index is 373. The number of hydrogen-bond donors (Lipinski definition) is 1. The minimum atomic E-state index is 0.707. The van der Waals surface area contributed by atoms with Crippen molar-refractivity contribution in [1.29, 1.82) is 0 Å². The Kier molecular flexibility index (Phi) is 4.06. The van der Waals surface area contributed by atoms with Gasteiger partial charge in [0, 0.05) is 18.3 Å². The van der Waals surface area contributed by atoms with Crippen molar-refractivity contribution in [1.82, 2.24) is 4.90 Å². The van der Waals surface area contributed by atoms with Gasteiger partial charge in [-0.25, -0.2) is 0 Å². The molecule has 0 spiro atoms. The summed E-state index contributed by atoms with van der Waals surface area (Å²) in [6.45, 7) is 6.77. The molecule has 1 aromatic rings. The Morgan fingerprint density at radius 1 is 1.29 bits per heavy atom. The summed E-state index contributed by atoms with van der Waals surface area (Å²) in [6.07, 6.45) is 5.44. The molecule has 0 aliphatic carbocycles. The number of hydrogen-bond acceptors (Lipinski definition) is 2. The summed E-state index contributed by atoms with van der Waals surface area (Å²) in [5, 5.41) is 0. The maximum Gasteiger partial charge on any atom is 0.0346 e. The molecule has 0 bridgehead atoms. The fourth-order valence-electron chi connectivity index (χ4n) is 2.66. The number of nitrogens with zero attached hydrogens (tertiary/aromatic N) is 1. The molecule has 0 aromatic heterocycles. The summed E-state index contributed by atoms with van der Waals surface area (Å²) in [4.78, 5) is 2.61. The highest BCUT2D eigenvalue weighted by Gasteiger charge is 2.17. The molecule has 1 heterocycles. The molecule has 0 saturated carbocycles. The molecule has 1 aromatic carbocycles. The van der Waals surface area contributed by atoms with Crippen molar-refractivity contribution in [2.75, 3.05) is 12.3 Å². The first-order chi connectivity index (χ1) is 8.18. The van der Waals surface area contributed by atoms with Gasteiger partial charge in [-0.05, 0) is 50.4 Å². The lowest BCUT2D eigenvalue weighted by atomic mass is 10.1. The Balaban J connectivity index is 2.10. The predicted molar refractivity (Wildman–Crippen MR) is 73.9 cm³/mol. The quantitative estimate of drug-likeness (QED) is 0.792. The average Bonchev–Trinajstić information content (AvgIpc) is 2.51. The van der Waals surface area contributed by atoms with E-state index in [0.717, 1.165) is 12.2 Å². The molecule has 1 aliphatic rings. The molecule has 94 valence electrons. The van der Waals surface area contributed by atoms with E-state index in [-0.39, 0.29) is 0 Å². The van der Waals surface area contributed by atoms with Gasteiger partial charge in [0.1, 0.15) is 0 Å². The third-order valence-electron chi connectivity index (χ3n) is 4.05. The van der Waals surface area contributed by atoms with E-state index in [2.05, 4.69) is 30.9 Å². The van der Waals surface area contributed by atoms with Crippen molar-refractivity contribution in [3.8, 4) is 0 Å². The van der Waals surface area contributed by atoms with E-state index in [1.54, 1.807) is 0 Å². The third-order valence-corrected chi connectivity index (χ3v) is 4.05. The van der Waals surface area contributed by atoms with Crippen molar-refractivity contribution >= 4 is 5.69 Å². The molecule has 2 heteroatoms. The van der Waals surface area contributed by atoms with Crippen molar-refractivity contribution in [3.05, 3.63) is 29.3 Å². The average molecular weight is 232 g/mol. The molecule has 17 heavy (non-hydrogen) atoms. The third kappa shape index (κ3) is 3.01. The molecular weight excluding hydrogens is 208 g/mol. The highest BCUT2D eigenvalue weighted by Crippen LogP contribution is 2.22. The topological polar surface area (TPSA) is 29.3 Å². The number of anilines is 1. The summed E-state index contributed by atoms with van der Waals surface area (Å²) in [5.74, 6) is 0. The van der Waals surface area contributed by atoms with Gasteiger partial charge in [0.2, 0.25) is 0 Å². The summed E-state index contributed by atoms with van der Waals surface area (Å²) in [6, 6.07) is 6.98. The molecular formula is C15H24N2. The molecule has 0 amide bonds. The van der Waals surface area contributed by atoms with Crippen LogP contribution in [0.25, 0.3) is 0 Å². The first kappa shape index (κ1) is 12.4. The zero-order valence-corrected chi connectivity index (χ0v) is 11.1. The van der Waals surface area contributed by atoms with Gasteiger partial charge in [0.05, 0.1) is 0 Å². The van der Waals surface area contributed by atoms with Crippen LogP contribution in [0.4, 0.5) is 5.69 Å². The standard InChI is InChI=1S/C15H24N2/c1-12-7-4-3-5-10-17(12)11-14-8-6-9-15(16)13(14)2/h6,8-9,12H,3-5,7,10-11,16H2,1-2H3. The van der Waals surface area contributed by atoms with Crippen LogP contribution >= 0.6 is 0 Å². The van der Waals surface area contributed by atoms with E-state index in [1.807, 2.05) is 6.07 Å². The lowest BCUT2D eigenvalue weighted by Crippen LogP contribution is -2.32. The Morgan fingerprint density at radius 3 is 2.94 bits per heavy atom. The molecule has 1 atom stereocenters. The van der Waals surface area contributed by atoms with Gasteiger partial charge in [-0.3, -0.25) is 4.90 Å². The number of nitrogens with two attached hydrogens (primary N) is 1. The summed E-state index contributed by atoms with van der Waals surface area (Å²) in [5.41, 5.74) is 9.54. The van der Waals surface area contributed by atoms with E-state index in [1.165, 1.54) is 43.4 Å². The zero-order chi connectivity index (χ0) is 12.3. The second-order valence-corrected chi connectivity index (χ2v) is 5.30. The maximum atomic E-state index is 5.97. The molecule has 1 unspecified atom stereocenters. The summed E-state index contributed by atoms with van der Waals surface area (Å²) in [7, 11) is 0. The number of likely N-dealkylation sites (tertiary alicyclic amines) is 1. The Morgan fingerprint density at radius 2 is 2.12 bits per heavy atom. The van der Waals surface area contributed by atoms with Gasteiger partial charge < -0.3 is 5.73 Å². The monoisotopic (exact) mass is 232 g/mol. The van der Waals surface area contributed by atoms with E-state index in [9.17, 15) is 0 Å². The Hall–Kier alpha value is -1.02. The van der Waals surface area contributed by atoms with E-state index in [4.69, 9.17) is 5.73 Å². The van der Waals surface area contributed by atoms with Crippen molar-refractivity contribution in [2.45, 2.75) is 52.1 Å². The number of benzene rings is 1. The van der Waals surface area contributed by atoms with E-state index in [0.29, 0.717) is 6.04 Å². The van der Waals surface area contributed by atoms with Crippen molar-refractivity contribution in [3.63, 3.8) is 0 Å². The van der Waals surface area contributed by atoms with Crippen LogP contribution in [0, 0.1) is 6.92 Å². The highest BCUT2D eigenvalue weighted by molar-refractivity contribution is 5.49. The number of nitrogen functional groups attached to an aromatic ring is 1. The van der Waals surface area contributed by atoms with Crippen LogP contribution < -0.4 is 5.73 Å². The van der Waals surface area contributed by atoms with Crippen LogP contribution in [-0.2, 0) is 6.54 Å². The molecule has 1 aliphatic heterocycles. The minimum Gasteiger partial charge on any atom is -0.399 e. The lowest BCUT2D eigenvalue weighted by molar-refractivity contribution is 0.204. The van der Waals surface area contributed by atoms with Gasteiger partial charge in [-0.2, -0.15) is 0 Å². The highest BCUT2D eigenvalue weighted by atomic mass is 15.1. The predicted octanol–water partition coefficient (Wildman–Crippen LogP) is 3.34. The fraction of sp³-hybridized carbons (Fsp3) is 0.600. The molecule has 2 N–H and O–H groups in total. The van der Waals surface area contributed by atoms with Crippen LogP contribution in [0.15, 0.2) is 18.2 Å². The van der Waals surface area contributed by atoms with Gasteiger partial charge >= 0.3 is 0 Å². The Labute approximate surface area is 105 Å². The maximum absolute atomic E-state index is 5.97. The SMILES string of the molecule is Cc1c(N)cccc1CN1CCCCCC1C. The normalized spacial score (nSPS) is 22.4. The molecule has 0 radical (unpaired) electrons. The first-order valence-corrected chi connectivity index (χ1v) is 6.76. The summed E-state index contributed by atoms with van der Waals surface area (Å²) < 4.78 is 0. The van der Waals surface area contributed by atoms with E-state index < -0.39 is 0 Å². The summed E-state index contributed by atoms with van der Waals surface area (Å²) >= 11 is 0. The van der Waals surface area contributed by atoms with E-state index >= 15 is 0 Å². The fourth-order valence-corrected chi connectivity index (χ4v) is 2.66. The molecule has 2 nitrogen and oxygen atoms in total. The first-order valence-electron chi connectivity index (χ1n) is 6.76. The second-order valence-electron chi connectivity index (χ2n) is 5.30. The van der Waals surface area contributed by atoms with Crippen molar-refractivity contribution in [2.24, 2.45) is 0 Å². The van der Waals surface area contributed by atoms with Crippen LogP contribution in [0.3, 0.4) is 0 Å². The molecule has 2 rings (SSSR count). The second kappa shape index (κ2) is 5.54. The van der Waals surface area contributed by atoms with Gasteiger partial charge in [0.25, 0.3) is 0 Å². The smallest absolute Gasteiger partial charge is 0.0346 e. The van der Waals surface area contributed by atoms with Crippen LogP contribution in [-0.4, -0.2) is 17.5 Å². The largest absolute Gasteiger partial charge is 0.399 e. The van der Waals surface area contributed by atoms with Crippen LogP contribution in [0.5, 0.6) is 0 Å². The number of rotatable bonds is 2. The van der Waals surface area contributed by atoms with Gasteiger partial charge in [0.15, 0.2) is 0 Å². The lowest BCUT2D eigenvalue weighted by Gasteiger charge is -2.27.